The Hall–Kier alpha value is -1.37. The minimum absolute atomic E-state index is 0. The molecule has 128 valence electrons. The Labute approximate surface area is 141 Å². The molecule has 1 N–H and O–H groups in total. The SMILES string of the molecule is Cl.O=C(C1COCCN1)N1CCC(Oc2ccc(F)cc2)CC1. The van der Waals surface area contributed by atoms with Crippen molar-refractivity contribution in [3.63, 3.8) is 0 Å². The first kappa shape index (κ1) is 18.0. The maximum atomic E-state index is 12.9. The molecule has 7 heteroatoms. The normalized spacial score (nSPS) is 22.3. The second-order valence-electron chi connectivity index (χ2n) is 5.68. The lowest BCUT2D eigenvalue weighted by molar-refractivity contribution is -0.138. The number of carbonyl (C=O) groups excluding carboxylic acids is 1. The number of amides is 1. The lowest BCUT2D eigenvalue weighted by Gasteiger charge is -2.35. The summed E-state index contributed by atoms with van der Waals surface area (Å²) in [6.07, 6.45) is 1.65. The van der Waals surface area contributed by atoms with Crippen molar-refractivity contribution in [2.45, 2.75) is 25.0 Å². The molecule has 0 bridgehead atoms. The Morgan fingerprint density at radius 1 is 1.26 bits per heavy atom. The number of nitrogens with one attached hydrogen (secondary N) is 1. The van der Waals surface area contributed by atoms with Crippen LogP contribution in [0.2, 0.25) is 0 Å². The summed E-state index contributed by atoms with van der Waals surface area (Å²) in [7, 11) is 0. The minimum atomic E-state index is -0.269. The Bertz CT molecular complexity index is 501. The molecule has 2 aliphatic rings. The number of hydrogen-bond acceptors (Lipinski definition) is 4. The van der Waals surface area contributed by atoms with Gasteiger partial charge in [0.1, 0.15) is 23.7 Å². The Kier molecular flexibility index (Phi) is 6.62. The fourth-order valence-electron chi connectivity index (χ4n) is 2.84. The zero-order valence-electron chi connectivity index (χ0n) is 12.9. The number of hydrogen-bond donors (Lipinski definition) is 1. The third-order valence-corrected chi connectivity index (χ3v) is 4.09. The van der Waals surface area contributed by atoms with Crippen molar-refractivity contribution in [2.24, 2.45) is 0 Å². The van der Waals surface area contributed by atoms with Gasteiger partial charge >= 0.3 is 0 Å². The molecule has 1 unspecified atom stereocenters. The third-order valence-electron chi connectivity index (χ3n) is 4.09. The second kappa shape index (κ2) is 8.47. The topological polar surface area (TPSA) is 50.8 Å². The summed E-state index contributed by atoms with van der Waals surface area (Å²) in [6, 6.07) is 5.83. The molecule has 2 fully saturated rings. The highest BCUT2D eigenvalue weighted by Crippen LogP contribution is 2.20. The molecule has 1 atom stereocenters. The van der Waals surface area contributed by atoms with Gasteiger partial charge in [-0.05, 0) is 24.3 Å². The summed E-state index contributed by atoms with van der Waals surface area (Å²) in [5, 5.41) is 3.19. The number of carbonyl (C=O) groups is 1. The number of rotatable bonds is 3. The second-order valence-corrected chi connectivity index (χ2v) is 5.68. The van der Waals surface area contributed by atoms with Gasteiger partial charge in [-0.1, -0.05) is 0 Å². The molecule has 0 radical (unpaired) electrons. The van der Waals surface area contributed by atoms with Gasteiger partial charge in [0, 0.05) is 32.5 Å². The van der Waals surface area contributed by atoms with Crippen LogP contribution < -0.4 is 10.1 Å². The van der Waals surface area contributed by atoms with E-state index in [2.05, 4.69) is 5.32 Å². The molecule has 5 nitrogen and oxygen atoms in total. The van der Waals surface area contributed by atoms with Crippen LogP contribution in [0.15, 0.2) is 24.3 Å². The standard InChI is InChI=1S/C16H21FN2O3.ClH/c17-12-1-3-13(4-2-12)22-14-5-8-19(9-6-14)16(20)15-11-21-10-7-18-15;/h1-4,14-15,18H,5-11H2;1H. The Morgan fingerprint density at radius 2 is 1.96 bits per heavy atom. The van der Waals surface area contributed by atoms with E-state index >= 15 is 0 Å². The number of likely N-dealkylation sites (tertiary alicyclic amines) is 1. The van der Waals surface area contributed by atoms with E-state index in [1.54, 1.807) is 12.1 Å². The van der Waals surface area contributed by atoms with Gasteiger partial charge in [-0.3, -0.25) is 4.79 Å². The summed E-state index contributed by atoms with van der Waals surface area (Å²) < 4.78 is 24.0. The van der Waals surface area contributed by atoms with Crippen LogP contribution in [0.5, 0.6) is 5.75 Å². The van der Waals surface area contributed by atoms with Crippen LogP contribution in [0, 0.1) is 5.82 Å². The number of halogens is 2. The fourth-order valence-corrected chi connectivity index (χ4v) is 2.84. The van der Waals surface area contributed by atoms with Crippen molar-refractivity contribution in [2.75, 3.05) is 32.8 Å². The highest BCUT2D eigenvalue weighted by atomic mass is 35.5. The van der Waals surface area contributed by atoms with Gasteiger partial charge in [-0.25, -0.2) is 4.39 Å². The molecule has 1 aromatic rings. The van der Waals surface area contributed by atoms with E-state index in [1.165, 1.54) is 12.1 Å². The van der Waals surface area contributed by atoms with Crippen molar-refractivity contribution in [3.05, 3.63) is 30.1 Å². The predicted molar refractivity (Wildman–Crippen MR) is 86.5 cm³/mol. The van der Waals surface area contributed by atoms with Crippen molar-refractivity contribution >= 4 is 18.3 Å². The van der Waals surface area contributed by atoms with Crippen LogP contribution >= 0.6 is 12.4 Å². The van der Waals surface area contributed by atoms with E-state index < -0.39 is 0 Å². The van der Waals surface area contributed by atoms with Crippen LogP contribution in [-0.4, -0.2) is 55.8 Å². The molecule has 0 spiro atoms. The Morgan fingerprint density at radius 3 is 2.57 bits per heavy atom. The van der Waals surface area contributed by atoms with Crippen molar-refractivity contribution in [1.29, 1.82) is 0 Å². The number of nitrogens with zero attached hydrogens (tertiary/aromatic N) is 1. The van der Waals surface area contributed by atoms with Gasteiger partial charge in [0.15, 0.2) is 0 Å². The monoisotopic (exact) mass is 344 g/mol. The molecule has 2 heterocycles. The maximum Gasteiger partial charge on any atom is 0.242 e. The number of ether oxygens (including phenoxy) is 2. The van der Waals surface area contributed by atoms with E-state index in [1.807, 2.05) is 4.90 Å². The van der Waals surface area contributed by atoms with Crippen LogP contribution in [0.4, 0.5) is 4.39 Å². The molecule has 1 amide bonds. The Balaban J connectivity index is 0.00000192. The predicted octanol–water partition coefficient (Wildman–Crippen LogP) is 1.61. The summed E-state index contributed by atoms with van der Waals surface area (Å²) in [6.45, 7) is 3.20. The van der Waals surface area contributed by atoms with Crippen LogP contribution in [0.1, 0.15) is 12.8 Å². The fraction of sp³-hybridized carbons (Fsp3) is 0.562. The van der Waals surface area contributed by atoms with E-state index in [0.29, 0.717) is 32.1 Å². The van der Waals surface area contributed by atoms with E-state index in [4.69, 9.17) is 9.47 Å². The highest BCUT2D eigenvalue weighted by Gasteiger charge is 2.29. The number of morpholine rings is 1. The first-order chi connectivity index (χ1) is 10.7. The zero-order valence-corrected chi connectivity index (χ0v) is 13.7. The van der Waals surface area contributed by atoms with Gasteiger partial charge in [-0.2, -0.15) is 0 Å². The molecule has 2 saturated heterocycles. The van der Waals surface area contributed by atoms with E-state index in [9.17, 15) is 9.18 Å². The number of benzene rings is 1. The summed E-state index contributed by atoms with van der Waals surface area (Å²) in [4.78, 5) is 14.2. The van der Waals surface area contributed by atoms with E-state index in [-0.39, 0.29) is 36.3 Å². The van der Waals surface area contributed by atoms with Crippen LogP contribution in [0.25, 0.3) is 0 Å². The summed E-state index contributed by atoms with van der Waals surface area (Å²) in [5.74, 6) is 0.517. The first-order valence-corrected chi connectivity index (χ1v) is 7.74. The largest absolute Gasteiger partial charge is 0.490 e. The molecule has 1 aromatic carbocycles. The maximum absolute atomic E-state index is 12.9. The van der Waals surface area contributed by atoms with Crippen LogP contribution in [-0.2, 0) is 9.53 Å². The van der Waals surface area contributed by atoms with Gasteiger partial charge in [0.25, 0.3) is 0 Å². The molecule has 0 aromatic heterocycles. The van der Waals surface area contributed by atoms with E-state index in [0.717, 1.165) is 19.4 Å². The zero-order chi connectivity index (χ0) is 15.4. The van der Waals surface area contributed by atoms with Crippen LogP contribution in [0.3, 0.4) is 0 Å². The third kappa shape index (κ3) is 4.80. The average molecular weight is 345 g/mol. The lowest BCUT2D eigenvalue weighted by atomic mass is 10.1. The van der Waals surface area contributed by atoms with Gasteiger partial charge in [0.05, 0.1) is 13.2 Å². The molecule has 0 saturated carbocycles. The summed E-state index contributed by atoms with van der Waals surface area (Å²) in [5.41, 5.74) is 0. The smallest absolute Gasteiger partial charge is 0.242 e. The molecule has 3 rings (SSSR count). The van der Waals surface area contributed by atoms with Crippen molar-refractivity contribution in [1.82, 2.24) is 10.2 Å². The average Bonchev–Trinajstić information content (AvgIpc) is 2.58. The number of piperidine rings is 1. The van der Waals surface area contributed by atoms with Gasteiger partial charge in [-0.15, -0.1) is 12.4 Å². The highest BCUT2D eigenvalue weighted by molar-refractivity contribution is 5.85. The van der Waals surface area contributed by atoms with Crippen molar-refractivity contribution < 1.29 is 18.7 Å². The lowest BCUT2D eigenvalue weighted by Crippen LogP contribution is -2.54. The molecular formula is C16H22ClFN2O3. The summed E-state index contributed by atoms with van der Waals surface area (Å²) >= 11 is 0. The molecule has 23 heavy (non-hydrogen) atoms. The van der Waals surface area contributed by atoms with Gasteiger partial charge < -0.3 is 19.7 Å². The minimum Gasteiger partial charge on any atom is -0.490 e. The molecule has 2 aliphatic heterocycles. The van der Waals surface area contributed by atoms with Crippen molar-refractivity contribution in [3.8, 4) is 5.75 Å². The van der Waals surface area contributed by atoms with Gasteiger partial charge in [0.2, 0.25) is 5.91 Å². The molecule has 0 aliphatic carbocycles. The quantitative estimate of drug-likeness (QED) is 0.905. The molecular weight excluding hydrogens is 323 g/mol. The first-order valence-electron chi connectivity index (χ1n) is 7.74.